The number of rotatable bonds is 6. The summed E-state index contributed by atoms with van der Waals surface area (Å²) in [4.78, 5) is 9.21. The molecule has 0 bridgehead atoms. The number of benzene rings is 1. The van der Waals surface area contributed by atoms with Gasteiger partial charge in [0.2, 0.25) is 0 Å². The number of aryl methyl sites for hydroxylation is 1. The highest BCUT2D eigenvalue weighted by atomic mass is 127. The van der Waals surface area contributed by atoms with Gasteiger partial charge in [-0.05, 0) is 56.5 Å². The summed E-state index contributed by atoms with van der Waals surface area (Å²) in [7, 11) is 0. The molecule has 2 N–H and O–H groups in total. The molecule has 2 aromatic rings. The van der Waals surface area contributed by atoms with Crippen LogP contribution in [0.3, 0.4) is 0 Å². The lowest BCUT2D eigenvalue weighted by atomic mass is 9.96. The van der Waals surface area contributed by atoms with Gasteiger partial charge in [-0.15, -0.1) is 24.0 Å². The molecule has 1 heterocycles. The number of nitrogens with zero attached hydrogens (tertiary/aromatic N) is 2. The number of nitrogens with one attached hydrogen (secondary N) is 2. The Morgan fingerprint density at radius 2 is 1.96 bits per heavy atom. The Balaban J connectivity index is 0.00000243. The fourth-order valence-electron chi connectivity index (χ4n) is 2.98. The summed E-state index contributed by atoms with van der Waals surface area (Å²) in [5, 5.41) is 6.85. The van der Waals surface area contributed by atoms with Crippen LogP contribution in [0.1, 0.15) is 36.7 Å². The van der Waals surface area contributed by atoms with Crippen molar-refractivity contribution in [1.82, 2.24) is 15.6 Å². The molecule has 1 aromatic carbocycles. The molecule has 1 saturated carbocycles. The van der Waals surface area contributed by atoms with Crippen LogP contribution in [0, 0.1) is 6.92 Å². The molecule has 0 radical (unpaired) electrons. The van der Waals surface area contributed by atoms with E-state index in [1.54, 1.807) is 0 Å². The van der Waals surface area contributed by atoms with Crippen LogP contribution in [0.5, 0.6) is 0 Å². The molecule has 0 amide bonds. The fourth-order valence-corrected chi connectivity index (χ4v) is 3.38. The normalized spacial score (nSPS) is 15.1. The molecular weight excluding hydrogens is 503 g/mol. The third-order valence-electron chi connectivity index (χ3n) is 4.57. The zero-order valence-corrected chi connectivity index (χ0v) is 19.2. The van der Waals surface area contributed by atoms with Gasteiger partial charge in [0.1, 0.15) is 0 Å². The van der Waals surface area contributed by atoms with Gasteiger partial charge in [-0.2, -0.15) is 0 Å². The van der Waals surface area contributed by atoms with Crippen molar-refractivity contribution in [3.05, 3.63) is 63.9 Å². The number of halogens is 2. The number of pyridine rings is 1. The minimum absolute atomic E-state index is 0. The van der Waals surface area contributed by atoms with Crippen LogP contribution in [0.15, 0.2) is 51.9 Å². The van der Waals surface area contributed by atoms with Gasteiger partial charge in [0.15, 0.2) is 5.96 Å². The van der Waals surface area contributed by atoms with E-state index in [4.69, 9.17) is 0 Å². The van der Waals surface area contributed by atoms with Crippen LogP contribution >= 0.6 is 39.9 Å². The molecular formula is C20H26BrIN4. The maximum atomic E-state index is 4.69. The van der Waals surface area contributed by atoms with Crippen LogP contribution in [0.4, 0.5) is 0 Å². The third kappa shape index (κ3) is 5.67. The molecule has 6 heteroatoms. The van der Waals surface area contributed by atoms with Gasteiger partial charge < -0.3 is 10.6 Å². The summed E-state index contributed by atoms with van der Waals surface area (Å²) in [5.41, 5.74) is 3.65. The molecule has 1 aliphatic rings. The SMILES string of the molecule is CCNC(=NCc1cccc(C)n1)NCC1(c2cccc(Br)c2)CC1.I. The first-order valence-electron chi connectivity index (χ1n) is 8.82. The Morgan fingerprint density at radius 3 is 2.62 bits per heavy atom. The summed E-state index contributed by atoms with van der Waals surface area (Å²) in [6.07, 6.45) is 2.44. The van der Waals surface area contributed by atoms with E-state index in [1.165, 1.54) is 18.4 Å². The van der Waals surface area contributed by atoms with Gasteiger partial charge in [-0.25, -0.2) is 4.99 Å². The van der Waals surface area contributed by atoms with E-state index in [2.05, 4.69) is 67.7 Å². The molecule has 1 aliphatic carbocycles. The molecule has 0 unspecified atom stereocenters. The lowest BCUT2D eigenvalue weighted by Gasteiger charge is -2.19. The van der Waals surface area contributed by atoms with Crippen LogP contribution in [-0.4, -0.2) is 24.0 Å². The maximum absolute atomic E-state index is 4.69. The first-order chi connectivity index (χ1) is 12.1. The average molecular weight is 529 g/mol. The minimum Gasteiger partial charge on any atom is -0.357 e. The smallest absolute Gasteiger partial charge is 0.191 e. The van der Waals surface area contributed by atoms with Gasteiger partial charge in [0.05, 0.1) is 12.2 Å². The van der Waals surface area contributed by atoms with Crippen molar-refractivity contribution >= 4 is 45.9 Å². The van der Waals surface area contributed by atoms with Crippen LogP contribution in [0.25, 0.3) is 0 Å². The van der Waals surface area contributed by atoms with E-state index < -0.39 is 0 Å². The number of aromatic nitrogens is 1. The Morgan fingerprint density at radius 1 is 1.19 bits per heavy atom. The summed E-state index contributed by atoms with van der Waals surface area (Å²) in [6.45, 7) is 6.42. The van der Waals surface area contributed by atoms with E-state index in [9.17, 15) is 0 Å². The molecule has 0 aliphatic heterocycles. The highest BCUT2D eigenvalue weighted by Crippen LogP contribution is 2.48. The van der Waals surface area contributed by atoms with Crippen LogP contribution in [0.2, 0.25) is 0 Å². The van der Waals surface area contributed by atoms with Crippen LogP contribution in [-0.2, 0) is 12.0 Å². The van der Waals surface area contributed by atoms with Crippen molar-refractivity contribution in [2.75, 3.05) is 13.1 Å². The number of hydrogen-bond acceptors (Lipinski definition) is 2. The highest BCUT2D eigenvalue weighted by Gasteiger charge is 2.44. The second-order valence-electron chi connectivity index (χ2n) is 6.61. The third-order valence-corrected chi connectivity index (χ3v) is 5.07. The molecule has 0 saturated heterocycles. The average Bonchev–Trinajstić information content (AvgIpc) is 3.39. The summed E-state index contributed by atoms with van der Waals surface area (Å²) >= 11 is 3.58. The van der Waals surface area contributed by atoms with Crippen molar-refractivity contribution in [2.45, 2.75) is 38.6 Å². The van der Waals surface area contributed by atoms with Gasteiger partial charge in [0, 0.05) is 28.7 Å². The predicted octanol–water partition coefficient (Wildman–Crippen LogP) is 4.56. The number of hydrogen-bond donors (Lipinski definition) is 2. The van der Waals surface area contributed by atoms with Gasteiger partial charge in [0.25, 0.3) is 0 Å². The zero-order valence-electron chi connectivity index (χ0n) is 15.3. The lowest BCUT2D eigenvalue weighted by Crippen LogP contribution is -2.41. The van der Waals surface area contributed by atoms with E-state index >= 15 is 0 Å². The summed E-state index contributed by atoms with van der Waals surface area (Å²) < 4.78 is 1.14. The van der Waals surface area contributed by atoms with E-state index in [1.807, 2.05) is 25.1 Å². The molecule has 140 valence electrons. The van der Waals surface area contributed by atoms with Crippen molar-refractivity contribution in [1.29, 1.82) is 0 Å². The summed E-state index contributed by atoms with van der Waals surface area (Å²) in [6, 6.07) is 14.7. The number of aliphatic imine (C=N–C) groups is 1. The van der Waals surface area contributed by atoms with Crippen molar-refractivity contribution < 1.29 is 0 Å². The topological polar surface area (TPSA) is 49.3 Å². The molecule has 1 aromatic heterocycles. The monoisotopic (exact) mass is 528 g/mol. The van der Waals surface area contributed by atoms with E-state index in [0.29, 0.717) is 6.54 Å². The lowest BCUT2D eigenvalue weighted by molar-refractivity contribution is 0.645. The van der Waals surface area contributed by atoms with Gasteiger partial charge in [-0.3, -0.25) is 4.98 Å². The van der Waals surface area contributed by atoms with Crippen LogP contribution < -0.4 is 10.6 Å². The first kappa shape index (κ1) is 21.2. The maximum Gasteiger partial charge on any atom is 0.191 e. The van der Waals surface area contributed by atoms with E-state index in [0.717, 1.165) is 34.9 Å². The second kappa shape index (κ2) is 9.69. The largest absolute Gasteiger partial charge is 0.357 e. The van der Waals surface area contributed by atoms with Crippen molar-refractivity contribution in [3.63, 3.8) is 0 Å². The fraction of sp³-hybridized carbons (Fsp3) is 0.400. The standard InChI is InChI=1S/C20H25BrN4.HI/c1-3-22-19(23-13-18-9-4-6-15(2)25-18)24-14-20(10-11-20)16-7-5-8-17(21)12-16;/h4-9,12H,3,10-11,13-14H2,1-2H3,(H2,22,23,24);1H. The van der Waals surface area contributed by atoms with Crippen molar-refractivity contribution in [3.8, 4) is 0 Å². The molecule has 4 nitrogen and oxygen atoms in total. The van der Waals surface area contributed by atoms with Crippen molar-refractivity contribution in [2.24, 2.45) is 4.99 Å². The highest BCUT2D eigenvalue weighted by molar-refractivity contribution is 14.0. The first-order valence-corrected chi connectivity index (χ1v) is 9.61. The summed E-state index contributed by atoms with van der Waals surface area (Å²) in [5.74, 6) is 0.854. The zero-order chi connectivity index (χ0) is 17.7. The molecule has 1 fully saturated rings. The number of guanidine groups is 1. The predicted molar refractivity (Wildman–Crippen MR) is 122 cm³/mol. The second-order valence-corrected chi connectivity index (χ2v) is 7.53. The minimum atomic E-state index is 0. The molecule has 0 spiro atoms. The Hall–Kier alpha value is -1.15. The molecule has 0 atom stereocenters. The quantitative estimate of drug-likeness (QED) is 0.328. The molecule has 3 rings (SSSR count). The van der Waals surface area contributed by atoms with E-state index in [-0.39, 0.29) is 29.4 Å². The molecule has 26 heavy (non-hydrogen) atoms. The van der Waals surface area contributed by atoms with Gasteiger partial charge in [-0.1, -0.05) is 34.1 Å². The Bertz CT molecular complexity index is 759. The Labute approximate surface area is 181 Å². The Kier molecular flexibility index (Phi) is 7.88. The van der Waals surface area contributed by atoms with Gasteiger partial charge >= 0.3 is 0 Å².